The lowest BCUT2D eigenvalue weighted by Gasteiger charge is -2.32. The third kappa shape index (κ3) is 2.49. The summed E-state index contributed by atoms with van der Waals surface area (Å²) >= 11 is 0. The maximum absolute atomic E-state index is 12.8. The van der Waals surface area contributed by atoms with E-state index in [1.54, 1.807) is 4.57 Å². The van der Waals surface area contributed by atoms with E-state index in [-0.39, 0.29) is 22.3 Å². The van der Waals surface area contributed by atoms with Gasteiger partial charge in [0.15, 0.2) is 5.78 Å². The van der Waals surface area contributed by atoms with Crippen LogP contribution < -0.4 is 5.56 Å². The number of nitriles is 1. The number of nitrogens with zero attached hydrogens (tertiary/aromatic N) is 2. The molecule has 0 fully saturated rings. The van der Waals surface area contributed by atoms with Crippen molar-refractivity contribution in [3.63, 3.8) is 0 Å². The van der Waals surface area contributed by atoms with Gasteiger partial charge in [0.2, 0.25) is 0 Å². The van der Waals surface area contributed by atoms with Crippen LogP contribution >= 0.6 is 0 Å². The third-order valence-electron chi connectivity index (χ3n) is 4.37. The fourth-order valence-electron chi connectivity index (χ4n) is 3.26. The molecule has 1 aliphatic rings. The van der Waals surface area contributed by atoms with E-state index in [1.165, 1.54) is 6.07 Å². The molecule has 0 saturated heterocycles. The number of aromatic nitrogens is 1. The number of hydrogen-bond donors (Lipinski definition) is 0. The molecule has 0 atom stereocenters. The molecule has 1 heterocycles. The molecule has 0 radical (unpaired) electrons. The number of Topliss-reactive ketones (excluding diaryl/α,β-unsaturated/α-hetero) is 1. The molecule has 23 heavy (non-hydrogen) atoms. The largest absolute Gasteiger partial charge is 0.294 e. The van der Waals surface area contributed by atoms with Gasteiger partial charge in [0.25, 0.3) is 5.56 Å². The monoisotopic (exact) mass is 306 g/mol. The van der Waals surface area contributed by atoms with Crippen LogP contribution in [0.15, 0.2) is 35.1 Å². The number of hydrogen-bond acceptors (Lipinski definition) is 3. The molecule has 0 saturated carbocycles. The molecule has 2 aromatic rings. The smallest absolute Gasteiger partial charge is 0.273 e. The van der Waals surface area contributed by atoms with Crippen LogP contribution in [0, 0.1) is 23.7 Å². The van der Waals surface area contributed by atoms with Crippen LogP contribution in [0.3, 0.4) is 0 Å². The summed E-state index contributed by atoms with van der Waals surface area (Å²) in [4.78, 5) is 25.3. The molecule has 1 aliphatic carbocycles. The van der Waals surface area contributed by atoms with Gasteiger partial charge in [0, 0.05) is 17.7 Å². The molecule has 116 valence electrons. The predicted octanol–water partition coefficient (Wildman–Crippen LogP) is 3.17. The fourth-order valence-corrected chi connectivity index (χ4v) is 3.26. The second-order valence-electron chi connectivity index (χ2n) is 6.90. The molecule has 1 aromatic carbocycles. The number of ketones is 1. The molecule has 0 spiro atoms. The third-order valence-corrected chi connectivity index (χ3v) is 4.37. The van der Waals surface area contributed by atoms with E-state index in [9.17, 15) is 14.9 Å². The summed E-state index contributed by atoms with van der Waals surface area (Å²) in [6, 6.07) is 10.9. The first kappa shape index (κ1) is 15.2. The van der Waals surface area contributed by atoms with Gasteiger partial charge in [0.1, 0.15) is 11.6 Å². The van der Waals surface area contributed by atoms with Gasteiger partial charge in [0.05, 0.1) is 5.69 Å². The van der Waals surface area contributed by atoms with Crippen molar-refractivity contribution in [2.75, 3.05) is 0 Å². The predicted molar refractivity (Wildman–Crippen MR) is 87.9 cm³/mol. The molecule has 0 bridgehead atoms. The van der Waals surface area contributed by atoms with E-state index in [2.05, 4.69) is 0 Å². The molecule has 4 heteroatoms. The van der Waals surface area contributed by atoms with E-state index in [4.69, 9.17) is 0 Å². The first-order valence-corrected chi connectivity index (χ1v) is 7.62. The van der Waals surface area contributed by atoms with E-state index in [0.717, 1.165) is 11.3 Å². The Morgan fingerprint density at radius 2 is 1.87 bits per heavy atom. The molecular formula is C19H18N2O2. The quantitative estimate of drug-likeness (QED) is 0.813. The highest BCUT2D eigenvalue weighted by atomic mass is 16.1. The first-order chi connectivity index (χ1) is 10.8. The Hall–Kier alpha value is -2.67. The van der Waals surface area contributed by atoms with Crippen LogP contribution in [0.2, 0.25) is 0 Å². The Morgan fingerprint density at radius 3 is 2.52 bits per heavy atom. The van der Waals surface area contributed by atoms with Crippen molar-refractivity contribution in [1.82, 2.24) is 4.57 Å². The zero-order chi connectivity index (χ0) is 16.8. The van der Waals surface area contributed by atoms with Gasteiger partial charge in [-0.1, -0.05) is 32.0 Å². The number of carbonyl (C=O) groups excluding carboxylic acids is 1. The molecule has 0 unspecified atom stereocenters. The van der Waals surface area contributed by atoms with Crippen LogP contribution in [0.1, 0.15) is 47.4 Å². The van der Waals surface area contributed by atoms with Crippen molar-refractivity contribution < 1.29 is 4.79 Å². The molecule has 1 aromatic heterocycles. The van der Waals surface area contributed by atoms with Crippen molar-refractivity contribution in [1.29, 1.82) is 5.26 Å². The van der Waals surface area contributed by atoms with Crippen molar-refractivity contribution in [2.45, 2.75) is 33.6 Å². The van der Waals surface area contributed by atoms with Crippen LogP contribution in [0.25, 0.3) is 5.69 Å². The number of carbonyl (C=O) groups is 1. The summed E-state index contributed by atoms with van der Waals surface area (Å²) in [6.45, 7) is 5.97. The van der Waals surface area contributed by atoms with Gasteiger partial charge in [-0.2, -0.15) is 5.26 Å². The topological polar surface area (TPSA) is 62.9 Å². The zero-order valence-corrected chi connectivity index (χ0v) is 13.5. The Balaban J connectivity index is 2.42. The van der Waals surface area contributed by atoms with Crippen molar-refractivity contribution in [3.8, 4) is 11.8 Å². The van der Waals surface area contributed by atoms with Crippen molar-refractivity contribution >= 4 is 5.78 Å². The second-order valence-corrected chi connectivity index (χ2v) is 6.90. The molecule has 0 amide bonds. The van der Waals surface area contributed by atoms with Gasteiger partial charge in [-0.15, -0.1) is 0 Å². The normalized spacial score (nSPS) is 15.8. The molecule has 0 aliphatic heterocycles. The Bertz CT molecular complexity index is 914. The second kappa shape index (κ2) is 5.20. The van der Waals surface area contributed by atoms with Gasteiger partial charge < -0.3 is 0 Å². The summed E-state index contributed by atoms with van der Waals surface area (Å²) in [5.74, 6) is -0.00455. The lowest BCUT2D eigenvalue weighted by atomic mass is 9.75. The first-order valence-electron chi connectivity index (χ1n) is 7.62. The van der Waals surface area contributed by atoms with Gasteiger partial charge in [-0.05, 0) is 36.5 Å². The average Bonchev–Trinajstić information content (AvgIpc) is 2.47. The molecule has 4 nitrogen and oxygen atoms in total. The minimum Gasteiger partial charge on any atom is -0.294 e. The van der Waals surface area contributed by atoms with Crippen LogP contribution in [-0.4, -0.2) is 10.4 Å². The van der Waals surface area contributed by atoms with Crippen molar-refractivity contribution in [2.24, 2.45) is 5.41 Å². The number of aryl methyl sites for hydroxylation is 1. The van der Waals surface area contributed by atoms with Crippen LogP contribution in [0.4, 0.5) is 0 Å². The van der Waals surface area contributed by atoms with Gasteiger partial charge in [-0.25, -0.2) is 0 Å². The van der Waals surface area contributed by atoms with Crippen LogP contribution in [-0.2, 0) is 6.42 Å². The highest BCUT2D eigenvalue weighted by Gasteiger charge is 2.34. The highest BCUT2D eigenvalue weighted by Crippen LogP contribution is 2.35. The molecule has 0 N–H and O–H groups in total. The van der Waals surface area contributed by atoms with Gasteiger partial charge in [-0.3, -0.25) is 14.2 Å². The number of fused-ring (bicyclic) bond motifs is 1. The minimum absolute atomic E-state index is 0.00455. The highest BCUT2D eigenvalue weighted by molar-refractivity contribution is 5.99. The van der Waals surface area contributed by atoms with Crippen LogP contribution in [0.5, 0.6) is 0 Å². The molecular weight excluding hydrogens is 288 g/mol. The van der Waals surface area contributed by atoms with Gasteiger partial charge >= 0.3 is 0 Å². The zero-order valence-electron chi connectivity index (χ0n) is 13.5. The molecule has 3 rings (SSSR count). The standard InChI is InChI=1S/C19H18N2O2/c1-12-6-4-5-7-15(12)21-16-9-19(2,3)10-17(22)14(16)8-13(11-20)18(21)23/h4-8H,9-10H2,1-3H3. The summed E-state index contributed by atoms with van der Waals surface area (Å²) in [6.07, 6.45) is 1.06. The van der Waals surface area contributed by atoms with Crippen molar-refractivity contribution in [3.05, 3.63) is 63.1 Å². The van der Waals surface area contributed by atoms with E-state index >= 15 is 0 Å². The lowest BCUT2D eigenvalue weighted by molar-refractivity contribution is 0.0908. The summed E-state index contributed by atoms with van der Waals surface area (Å²) < 4.78 is 1.56. The SMILES string of the molecule is Cc1ccccc1-n1c2c(cc(C#N)c1=O)C(=O)CC(C)(C)C2. The Kier molecular flexibility index (Phi) is 3.45. The number of benzene rings is 1. The van der Waals surface area contributed by atoms with E-state index in [1.807, 2.05) is 51.1 Å². The number of pyridine rings is 1. The minimum atomic E-state index is -0.356. The fraction of sp³-hybridized carbons (Fsp3) is 0.316. The summed E-state index contributed by atoms with van der Waals surface area (Å²) in [5.41, 5.74) is 2.34. The maximum Gasteiger partial charge on any atom is 0.273 e. The number of rotatable bonds is 1. The average molecular weight is 306 g/mol. The Labute approximate surface area is 135 Å². The maximum atomic E-state index is 12.8. The summed E-state index contributed by atoms with van der Waals surface area (Å²) in [5, 5.41) is 9.27. The lowest BCUT2D eigenvalue weighted by Crippen LogP contribution is -2.35. The van der Waals surface area contributed by atoms with E-state index in [0.29, 0.717) is 24.1 Å². The number of para-hydroxylation sites is 1. The Morgan fingerprint density at radius 1 is 1.17 bits per heavy atom. The summed E-state index contributed by atoms with van der Waals surface area (Å²) in [7, 11) is 0. The van der Waals surface area contributed by atoms with E-state index < -0.39 is 0 Å².